The summed E-state index contributed by atoms with van der Waals surface area (Å²) in [7, 11) is 0. The largest absolute Gasteiger partial charge is 0.388 e. The normalized spacial score (nSPS) is 13.3. The number of rotatable bonds is 19. The van der Waals surface area contributed by atoms with E-state index in [-0.39, 0.29) is 11.2 Å². The Hall–Kier alpha value is -3.36. The van der Waals surface area contributed by atoms with Gasteiger partial charge in [-0.3, -0.25) is 0 Å². The van der Waals surface area contributed by atoms with Gasteiger partial charge in [-0.25, -0.2) is 0 Å². The predicted octanol–water partition coefficient (Wildman–Crippen LogP) is 8.93. The smallest absolute Gasteiger partial charge is 0.114 e. The fraction of sp³-hybridized carbons (Fsp3) is 0.250. The molecule has 0 heterocycles. The molecule has 0 saturated heterocycles. The molecule has 0 amide bonds. The molecule has 6 heteroatoms. The van der Waals surface area contributed by atoms with Gasteiger partial charge in [-0.2, -0.15) is 0 Å². The molecule has 0 aliphatic carbocycles. The van der Waals surface area contributed by atoms with Crippen LogP contribution in [0, 0.1) is 0 Å². The van der Waals surface area contributed by atoms with Gasteiger partial charge in [0.15, 0.2) is 0 Å². The lowest BCUT2D eigenvalue weighted by Crippen LogP contribution is -2.47. The Morgan fingerprint density at radius 2 is 0.783 bits per heavy atom. The van der Waals surface area contributed by atoms with E-state index >= 15 is 0 Å². The van der Waals surface area contributed by atoms with Crippen LogP contribution in [0.2, 0.25) is 0 Å². The second-order valence-corrected chi connectivity index (χ2v) is 13.6. The van der Waals surface area contributed by atoms with E-state index in [1.165, 1.54) is 11.1 Å². The third kappa shape index (κ3) is 11.5. The maximum atomic E-state index is 11.8. The average molecular weight is 651 g/mol. The van der Waals surface area contributed by atoms with Crippen LogP contribution in [0.1, 0.15) is 27.8 Å². The highest BCUT2D eigenvalue weighted by Crippen LogP contribution is 2.37. The first-order valence-electron chi connectivity index (χ1n) is 15.7. The third-order valence-corrected chi connectivity index (χ3v) is 10.5. The number of aliphatic hydroxyl groups is 1. The molecule has 238 valence electrons. The quantitative estimate of drug-likeness (QED) is 0.0901. The Balaban J connectivity index is 1.42. The summed E-state index contributed by atoms with van der Waals surface area (Å²) in [4.78, 5) is 0. The minimum Gasteiger partial charge on any atom is -0.388 e. The van der Waals surface area contributed by atoms with Crippen LogP contribution in [-0.4, -0.2) is 34.6 Å². The summed E-state index contributed by atoms with van der Waals surface area (Å²) in [6.45, 7) is 1.29. The van der Waals surface area contributed by atoms with Gasteiger partial charge < -0.3 is 19.3 Å². The maximum absolute atomic E-state index is 11.8. The molecule has 0 aromatic heterocycles. The monoisotopic (exact) mass is 650 g/mol. The zero-order chi connectivity index (χ0) is 31.7. The van der Waals surface area contributed by atoms with Crippen LogP contribution in [0.4, 0.5) is 0 Å². The van der Waals surface area contributed by atoms with Crippen molar-refractivity contribution < 1.29 is 19.3 Å². The summed E-state index contributed by atoms with van der Waals surface area (Å²) in [5.41, 5.74) is 5.66. The van der Waals surface area contributed by atoms with Crippen molar-refractivity contribution in [2.75, 3.05) is 6.61 Å². The van der Waals surface area contributed by atoms with E-state index in [4.69, 9.17) is 14.2 Å². The van der Waals surface area contributed by atoms with Gasteiger partial charge in [-0.15, -0.1) is 23.5 Å². The van der Waals surface area contributed by atoms with Gasteiger partial charge in [-0.05, 0) is 27.8 Å². The lowest BCUT2D eigenvalue weighted by molar-refractivity contribution is -0.142. The number of hydrogen-bond acceptors (Lipinski definition) is 6. The van der Waals surface area contributed by atoms with Crippen molar-refractivity contribution in [3.8, 4) is 0 Å². The lowest BCUT2D eigenvalue weighted by atomic mass is 10.1. The van der Waals surface area contributed by atoms with Crippen molar-refractivity contribution in [2.24, 2.45) is 0 Å². The molecule has 0 spiro atoms. The third-order valence-electron chi connectivity index (χ3n) is 7.46. The lowest BCUT2D eigenvalue weighted by Gasteiger charge is -2.36. The molecule has 0 saturated carbocycles. The topological polar surface area (TPSA) is 47.9 Å². The van der Waals surface area contributed by atoms with Crippen LogP contribution in [0.15, 0.2) is 152 Å². The zero-order valence-electron chi connectivity index (χ0n) is 26.0. The minimum atomic E-state index is -0.912. The Bertz CT molecular complexity index is 1450. The van der Waals surface area contributed by atoms with Gasteiger partial charge >= 0.3 is 0 Å². The van der Waals surface area contributed by atoms with Gasteiger partial charge in [0, 0.05) is 11.5 Å². The van der Waals surface area contributed by atoms with E-state index < -0.39 is 18.3 Å². The summed E-state index contributed by atoms with van der Waals surface area (Å²) in [5.74, 6) is 1.62. The van der Waals surface area contributed by atoms with E-state index in [0.717, 1.165) is 28.2 Å². The highest BCUT2D eigenvalue weighted by molar-refractivity contribution is 8.16. The van der Waals surface area contributed by atoms with E-state index in [0.29, 0.717) is 19.8 Å². The Morgan fingerprint density at radius 1 is 0.435 bits per heavy atom. The highest BCUT2D eigenvalue weighted by Gasteiger charge is 2.37. The molecule has 4 nitrogen and oxygen atoms in total. The molecule has 0 bridgehead atoms. The number of ether oxygens (including phenoxy) is 3. The molecule has 3 atom stereocenters. The summed E-state index contributed by atoms with van der Waals surface area (Å²) < 4.78 is 19.5. The van der Waals surface area contributed by atoms with Crippen molar-refractivity contribution in [1.29, 1.82) is 0 Å². The van der Waals surface area contributed by atoms with E-state index in [9.17, 15) is 5.11 Å². The molecule has 5 aromatic rings. The van der Waals surface area contributed by atoms with Crippen molar-refractivity contribution >= 4 is 23.5 Å². The van der Waals surface area contributed by atoms with Gasteiger partial charge in [0.1, 0.15) is 18.3 Å². The maximum Gasteiger partial charge on any atom is 0.114 e. The number of hydrogen-bond donors (Lipinski definition) is 1. The molecule has 0 aliphatic rings. The second-order valence-electron chi connectivity index (χ2n) is 11.1. The number of benzene rings is 5. The number of thioether (sulfide) groups is 2. The molecule has 0 unspecified atom stereocenters. The van der Waals surface area contributed by atoms with Crippen LogP contribution in [0.5, 0.6) is 0 Å². The first kappa shape index (κ1) is 34.0. The van der Waals surface area contributed by atoms with Gasteiger partial charge in [0.25, 0.3) is 0 Å². The second kappa shape index (κ2) is 19.3. The summed E-state index contributed by atoms with van der Waals surface area (Å²) >= 11 is 3.66. The molecule has 0 aliphatic heterocycles. The van der Waals surface area contributed by atoms with Crippen LogP contribution in [0.25, 0.3) is 0 Å². The van der Waals surface area contributed by atoms with Crippen LogP contribution in [0.3, 0.4) is 0 Å². The predicted molar refractivity (Wildman–Crippen MR) is 191 cm³/mol. The molecule has 0 radical (unpaired) electrons. The van der Waals surface area contributed by atoms with Crippen LogP contribution >= 0.6 is 23.5 Å². The molecule has 46 heavy (non-hydrogen) atoms. The van der Waals surface area contributed by atoms with Crippen LogP contribution < -0.4 is 0 Å². The summed E-state index contributed by atoms with van der Waals surface area (Å²) in [6, 6.07) is 51.3. The molecular formula is C40H42O4S2. The SMILES string of the molecule is O[C@H](COCc1ccccc1)[C@H](OCc1ccccc1)[C@@H](OCc1ccccc1)C(SCc1ccccc1)SCc1ccccc1. The summed E-state index contributed by atoms with van der Waals surface area (Å²) in [5, 5.41) is 11.8. The van der Waals surface area contributed by atoms with Gasteiger partial charge in [0.2, 0.25) is 0 Å². The zero-order valence-corrected chi connectivity index (χ0v) is 27.6. The molecule has 0 fully saturated rings. The Labute approximate surface area is 282 Å². The highest BCUT2D eigenvalue weighted by atomic mass is 32.2. The van der Waals surface area contributed by atoms with E-state index in [2.05, 4.69) is 60.7 Å². The van der Waals surface area contributed by atoms with Crippen LogP contribution in [-0.2, 0) is 45.5 Å². The average Bonchev–Trinajstić information content (AvgIpc) is 3.12. The molecular weight excluding hydrogens is 609 g/mol. The van der Waals surface area contributed by atoms with Crippen molar-refractivity contribution in [3.05, 3.63) is 179 Å². The van der Waals surface area contributed by atoms with Gasteiger partial charge in [0.05, 0.1) is 31.0 Å². The van der Waals surface area contributed by atoms with E-state index in [1.54, 1.807) is 0 Å². The minimum absolute atomic E-state index is 0.0475. The van der Waals surface area contributed by atoms with Crippen molar-refractivity contribution in [1.82, 2.24) is 0 Å². The van der Waals surface area contributed by atoms with Crippen molar-refractivity contribution in [2.45, 2.75) is 54.2 Å². The van der Waals surface area contributed by atoms with Crippen molar-refractivity contribution in [3.63, 3.8) is 0 Å². The summed E-state index contributed by atoms with van der Waals surface area (Å²) in [6.07, 6.45) is -2.00. The van der Waals surface area contributed by atoms with E-state index in [1.807, 2.05) is 115 Å². The fourth-order valence-electron chi connectivity index (χ4n) is 5.00. The number of aliphatic hydroxyl groups excluding tert-OH is 1. The first-order valence-corrected chi connectivity index (χ1v) is 17.8. The molecule has 1 N–H and O–H groups in total. The Kier molecular flexibility index (Phi) is 14.3. The molecule has 5 aromatic carbocycles. The standard InChI is InChI=1S/C40H42O4S2/c41-37(29-42-26-32-16-6-1-7-17-32)38(43-27-33-18-8-2-9-19-33)39(44-28-34-20-10-3-11-21-34)40(45-30-35-22-12-4-13-23-35)46-31-36-24-14-5-15-25-36/h1-25,37-41H,26-31H2/t37-,38+,39-/m1/s1. The first-order chi connectivity index (χ1) is 22.7. The Morgan fingerprint density at radius 3 is 1.20 bits per heavy atom. The fourth-order valence-corrected chi connectivity index (χ4v) is 7.73. The van der Waals surface area contributed by atoms with Gasteiger partial charge in [-0.1, -0.05) is 152 Å². The molecule has 5 rings (SSSR count).